The van der Waals surface area contributed by atoms with Crippen molar-refractivity contribution in [2.24, 2.45) is 52.0 Å². The Balaban J connectivity index is -0.000000134. The van der Waals surface area contributed by atoms with Crippen LogP contribution in [0.2, 0.25) is 0 Å². The van der Waals surface area contributed by atoms with Crippen LogP contribution in [0.4, 0.5) is 0 Å². The quantitative estimate of drug-likeness (QED) is 0.0971. The van der Waals surface area contributed by atoms with Gasteiger partial charge in [0.2, 0.25) is 11.8 Å². The summed E-state index contributed by atoms with van der Waals surface area (Å²) in [5.74, 6) is -6.28. The minimum Gasteiger partial charge on any atom is -0.480 e. The van der Waals surface area contributed by atoms with E-state index in [1.807, 2.05) is 13.8 Å². The van der Waals surface area contributed by atoms with E-state index in [2.05, 4.69) is 11.5 Å². The van der Waals surface area contributed by atoms with Gasteiger partial charge in [-0.05, 0) is 18.3 Å². The van der Waals surface area contributed by atoms with Crippen molar-refractivity contribution >= 4 is 41.7 Å². The normalized spacial score (nSPS) is 13.1. The molecule has 0 radical (unpaired) electrons. The lowest BCUT2D eigenvalue weighted by Gasteiger charge is -2.11. The lowest BCUT2D eigenvalue weighted by Crippen LogP contribution is -2.36. The lowest BCUT2D eigenvalue weighted by molar-refractivity contribution is -0.140. The van der Waals surface area contributed by atoms with Gasteiger partial charge in [-0.1, -0.05) is 34.1 Å². The Labute approximate surface area is 237 Å². The van der Waals surface area contributed by atoms with E-state index in [0.717, 1.165) is 6.42 Å². The summed E-state index contributed by atoms with van der Waals surface area (Å²) < 4.78 is 0. The molecule has 0 saturated carbocycles. The van der Waals surface area contributed by atoms with Gasteiger partial charge in [0, 0.05) is 6.42 Å². The van der Waals surface area contributed by atoms with Crippen LogP contribution in [-0.4, -0.2) is 97.9 Å². The maximum absolute atomic E-state index is 10.2. The standard InChI is InChI=1S/C6H13NO2.C5H10N2O3.C5H11NO2.C4H8N2O3.C2H5NO2/c1-3-4(2)5(7)6(8)9;6-3(5(9)10)1-2-4(7)8;1-3(2)4(6)5(7)8;5-2(4(8)9)1-3(6)7;3-1-2(4)5/h4-5H,3,7H2,1-2H3,(H,8,9);3H,1-2,6H2,(H2,7,8)(H,9,10);3-4H,6H2,1-2H3,(H,7,8);2H,1,5H2,(H2,6,7)(H,8,9);1,3H2,(H,4,5)/t4-,5-;3-;4-;2-;/m0000./s1. The van der Waals surface area contributed by atoms with E-state index in [9.17, 15) is 33.6 Å². The van der Waals surface area contributed by atoms with Gasteiger partial charge < -0.3 is 65.7 Å². The first-order valence-electron chi connectivity index (χ1n) is 11.9. The Bertz CT molecular complexity index is 812. The summed E-state index contributed by atoms with van der Waals surface area (Å²) in [5, 5.41) is 40.5. The minimum atomic E-state index is -1.21. The van der Waals surface area contributed by atoms with Crippen LogP contribution in [0.15, 0.2) is 0 Å². The molecule has 5 atom stereocenters. The van der Waals surface area contributed by atoms with Crippen LogP contribution in [0.3, 0.4) is 0 Å². The minimum absolute atomic E-state index is 0.0208. The fourth-order valence-corrected chi connectivity index (χ4v) is 1.51. The monoisotopic (exact) mass is 601 g/mol. The third-order valence-electron chi connectivity index (χ3n) is 4.48. The number of hydrogen-bond donors (Lipinski definition) is 12. The Kier molecular flexibility index (Phi) is 31.6. The number of rotatable bonds is 13. The smallest absolute Gasteiger partial charge is 0.321 e. The highest BCUT2D eigenvalue weighted by molar-refractivity contribution is 5.83. The summed E-state index contributed by atoms with van der Waals surface area (Å²) in [4.78, 5) is 69.5. The molecule has 19 nitrogen and oxygen atoms in total. The molecule has 0 fully saturated rings. The molecule has 0 aromatic heterocycles. The van der Waals surface area contributed by atoms with Gasteiger partial charge in [-0.3, -0.25) is 33.6 Å². The molecular formula is C22H47N7O12. The van der Waals surface area contributed by atoms with Gasteiger partial charge in [0.15, 0.2) is 0 Å². The van der Waals surface area contributed by atoms with Crippen LogP contribution in [-0.2, 0) is 33.6 Å². The molecule has 0 rings (SSSR count). The number of carboxylic acids is 5. The van der Waals surface area contributed by atoms with Crippen LogP contribution >= 0.6 is 0 Å². The van der Waals surface area contributed by atoms with E-state index >= 15 is 0 Å². The fraction of sp³-hybridized carbons (Fsp3) is 0.682. The summed E-state index contributed by atoms with van der Waals surface area (Å²) in [5.41, 5.74) is 34.4. The van der Waals surface area contributed by atoms with Crippen LogP contribution in [0.1, 0.15) is 53.4 Å². The third-order valence-corrected chi connectivity index (χ3v) is 4.48. The van der Waals surface area contributed by atoms with Gasteiger partial charge in [0.1, 0.15) is 24.2 Å². The zero-order valence-electron chi connectivity index (χ0n) is 23.6. The summed E-state index contributed by atoms with van der Waals surface area (Å²) in [7, 11) is 0. The van der Waals surface area contributed by atoms with Crippen molar-refractivity contribution in [3.05, 3.63) is 0 Å². The van der Waals surface area contributed by atoms with E-state index in [1.54, 1.807) is 13.8 Å². The summed E-state index contributed by atoms with van der Waals surface area (Å²) >= 11 is 0. The third kappa shape index (κ3) is 38.3. The highest BCUT2D eigenvalue weighted by Crippen LogP contribution is 2.04. The van der Waals surface area contributed by atoms with E-state index in [1.165, 1.54) is 0 Å². The first-order valence-corrected chi connectivity index (χ1v) is 11.9. The molecule has 0 unspecified atom stereocenters. The van der Waals surface area contributed by atoms with E-state index in [4.69, 9.17) is 54.2 Å². The first-order chi connectivity index (χ1) is 18.5. The zero-order valence-corrected chi connectivity index (χ0v) is 23.6. The lowest BCUT2D eigenvalue weighted by atomic mass is 10.0. The van der Waals surface area contributed by atoms with Gasteiger partial charge in [-0.15, -0.1) is 0 Å². The van der Waals surface area contributed by atoms with Crippen molar-refractivity contribution in [2.45, 2.75) is 77.5 Å². The summed E-state index contributed by atoms with van der Waals surface area (Å²) in [6, 6.07) is -3.56. The Hall–Kier alpha value is -3.91. The molecule has 19 heteroatoms. The van der Waals surface area contributed by atoms with Crippen molar-refractivity contribution < 1.29 is 59.1 Å². The number of hydrogen-bond acceptors (Lipinski definition) is 12. The first kappa shape index (κ1) is 46.9. The number of carbonyl (C=O) groups excluding carboxylic acids is 2. The van der Waals surface area contributed by atoms with Crippen LogP contribution in [0.25, 0.3) is 0 Å². The Morgan fingerprint density at radius 2 is 1.00 bits per heavy atom. The highest BCUT2D eigenvalue weighted by Gasteiger charge is 2.17. The topological polar surface area (TPSA) is 403 Å². The average Bonchev–Trinajstić information content (AvgIpc) is 2.86. The van der Waals surface area contributed by atoms with Gasteiger partial charge in [0.05, 0.1) is 13.0 Å². The second-order valence-electron chi connectivity index (χ2n) is 8.52. The van der Waals surface area contributed by atoms with Crippen LogP contribution < -0.4 is 40.1 Å². The van der Waals surface area contributed by atoms with E-state index < -0.39 is 65.8 Å². The van der Waals surface area contributed by atoms with Gasteiger partial charge in [-0.2, -0.15) is 0 Å². The van der Waals surface area contributed by atoms with Crippen molar-refractivity contribution in [3.63, 3.8) is 0 Å². The second kappa shape index (κ2) is 27.6. The Morgan fingerprint density at radius 1 is 0.634 bits per heavy atom. The van der Waals surface area contributed by atoms with E-state index in [-0.39, 0.29) is 37.6 Å². The highest BCUT2D eigenvalue weighted by atomic mass is 16.4. The molecule has 0 heterocycles. The molecule has 0 aromatic rings. The van der Waals surface area contributed by atoms with Crippen LogP contribution in [0.5, 0.6) is 0 Å². The number of carboxylic acid groups (broad SMARTS) is 5. The molecule has 0 saturated heterocycles. The SMILES string of the molecule is CC(C)[C@H](N)C(=O)O.CC[C@H](C)[C@H](N)C(=O)O.NC(=O)CC[C@H](N)C(=O)O.NC(=O)C[C@H](N)C(=O)O.NCC(=O)O. The van der Waals surface area contributed by atoms with Crippen molar-refractivity contribution in [3.8, 4) is 0 Å². The number of carbonyl (C=O) groups is 7. The predicted molar refractivity (Wildman–Crippen MR) is 146 cm³/mol. The molecule has 0 aliphatic rings. The second-order valence-corrected chi connectivity index (χ2v) is 8.52. The molecule has 0 aliphatic heterocycles. The van der Waals surface area contributed by atoms with Crippen molar-refractivity contribution in [1.82, 2.24) is 0 Å². The summed E-state index contributed by atoms with van der Waals surface area (Å²) in [6.45, 7) is 7.03. The van der Waals surface area contributed by atoms with Crippen molar-refractivity contribution in [1.29, 1.82) is 0 Å². The zero-order chi connectivity index (χ0) is 34.0. The molecule has 19 N–H and O–H groups in total. The fourth-order valence-electron chi connectivity index (χ4n) is 1.51. The predicted octanol–water partition coefficient (Wildman–Crippen LogP) is -3.53. The molecule has 0 bridgehead atoms. The van der Waals surface area contributed by atoms with Gasteiger partial charge in [-0.25, -0.2) is 0 Å². The molecular weight excluding hydrogens is 554 g/mol. The maximum Gasteiger partial charge on any atom is 0.321 e. The average molecular weight is 602 g/mol. The van der Waals surface area contributed by atoms with Gasteiger partial charge in [0.25, 0.3) is 0 Å². The maximum atomic E-state index is 10.2. The number of nitrogens with two attached hydrogens (primary N) is 7. The van der Waals surface area contributed by atoms with Gasteiger partial charge >= 0.3 is 29.8 Å². The Morgan fingerprint density at radius 3 is 1.12 bits per heavy atom. The van der Waals surface area contributed by atoms with E-state index in [0.29, 0.717) is 0 Å². The number of amides is 2. The number of aliphatic carboxylic acids is 5. The largest absolute Gasteiger partial charge is 0.480 e. The molecule has 0 aromatic carbocycles. The number of primary amides is 2. The van der Waals surface area contributed by atoms with Crippen LogP contribution in [0, 0.1) is 11.8 Å². The molecule has 242 valence electrons. The molecule has 0 aliphatic carbocycles. The van der Waals surface area contributed by atoms with Crippen molar-refractivity contribution in [2.75, 3.05) is 6.54 Å². The molecule has 41 heavy (non-hydrogen) atoms. The summed E-state index contributed by atoms with van der Waals surface area (Å²) in [6.07, 6.45) is 0.626. The molecule has 2 amide bonds. The molecule has 0 spiro atoms.